The van der Waals surface area contributed by atoms with Gasteiger partial charge >= 0.3 is 0 Å². The molecule has 1 N–H and O–H groups in total. The Hall–Kier alpha value is -3.81. The van der Waals surface area contributed by atoms with Crippen molar-refractivity contribution in [2.45, 2.75) is 19.8 Å². The first kappa shape index (κ1) is 23.9. The first-order valence-corrected chi connectivity index (χ1v) is 12.5. The Labute approximate surface area is 216 Å². The van der Waals surface area contributed by atoms with Crippen LogP contribution in [-0.4, -0.2) is 46.0 Å². The van der Waals surface area contributed by atoms with Gasteiger partial charge in [0.1, 0.15) is 11.6 Å². The monoisotopic (exact) mass is 519 g/mol. The molecule has 1 aromatic carbocycles. The number of nitrogens with one attached hydrogen (secondary N) is 1. The third kappa shape index (κ3) is 4.80. The van der Waals surface area contributed by atoms with Crippen molar-refractivity contribution in [1.29, 1.82) is 5.26 Å². The lowest BCUT2D eigenvalue weighted by atomic mass is 9.99. The maximum absolute atomic E-state index is 13.3. The van der Waals surface area contributed by atoms with E-state index in [-0.39, 0.29) is 11.8 Å². The average Bonchev–Trinajstić information content (AvgIpc) is 3.30. The molecule has 3 aromatic heterocycles. The maximum Gasteiger partial charge on any atom is 0.259 e. The summed E-state index contributed by atoms with van der Waals surface area (Å²) >= 11 is 7.49. The lowest BCUT2D eigenvalue weighted by molar-refractivity contribution is 0.102. The van der Waals surface area contributed by atoms with E-state index in [9.17, 15) is 10.1 Å². The van der Waals surface area contributed by atoms with Crippen LogP contribution >= 0.6 is 22.9 Å². The van der Waals surface area contributed by atoms with Gasteiger partial charge in [-0.05, 0) is 44.0 Å². The van der Waals surface area contributed by atoms with Gasteiger partial charge in [-0.15, -0.1) is 0 Å². The minimum absolute atomic E-state index is 0.0111. The van der Waals surface area contributed by atoms with Gasteiger partial charge < -0.3 is 9.64 Å². The van der Waals surface area contributed by atoms with Crippen molar-refractivity contribution in [3.8, 4) is 22.9 Å². The summed E-state index contributed by atoms with van der Waals surface area (Å²) in [4.78, 5) is 33.9. The number of pyridine rings is 1. The second-order valence-corrected chi connectivity index (χ2v) is 9.87. The molecular weight excluding hydrogens is 498 g/mol. The number of benzene rings is 1. The highest BCUT2D eigenvalue weighted by atomic mass is 35.5. The molecule has 1 unspecified atom stereocenters. The lowest BCUT2D eigenvalue weighted by Crippen LogP contribution is -2.35. The first-order chi connectivity index (χ1) is 17.4. The summed E-state index contributed by atoms with van der Waals surface area (Å²) in [5.41, 5.74) is 2.90. The van der Waals surface area contributed by atoms with Gasteiger partial charge in [-0.3, -0.25) is 15.1 Å². The number of carbonyl (C=O) groups is 1. The fourth-order valence-corrected chi connectivity index (χ4v) is 5.19. The molecule has 1 saturated heterocycles. The predicted octanol–water partition coefficient (Wildman–Crippen LogP) is 5.11. The second kappa shape index (κ2) is 10.0. The summed E-state index contributed by atoms with van der Waals surface area (Å²) in [6, 6.07) is 9.42. The standard InChI is InChI=1S/C25H22ClN7O2S/c1-14-8-17(18-9-16(26)5-6-20(18)35-2)19(11-28-14)23(34)32-25-31-22-24(36-25)30-21(12-29-22)33-7-3-4-15(10-27)13-33/h5-6,8-9,11-12,15H,3-4,7,13H2,1-2H3,(H,29,31,32,34). The van der Waals surface area contributed by atoms with Crippen LogP contribution in [0.15, 0.2) is 36.7 Å². The largest absolute Gasteiger partial charge is 0.496 e. The van der Waals surface area contributed by atoms with Gasteiger partial charge in [-0.25, -0.2) is 9.97 Å². The molecule has 0 spiro atoms. The average molecular weight is 520 g/mol. The summed E-state index contributed by atoms with van der Waals surface area (Å²) in [5.74, 6) is 0.924. The molecule has 0 bridgehead atoms. The Bertz CT molecular complexity index is 1500. The van der Waals surface area contributed by atoms with Crippen LogP contribution in [-0.2, 0) is 0 Å². The molecule has 0 aliphatic carbocycles. The number of fused-ring (bicyclic) bond motifs is 1. The molecule has 11 heteroatoms. The summed E-state index contributed by atoms with van der Waals surface area (Å²) in [6.45, 7) is 3.32. The summed E-state index contributed by atoms with van der Waals surface area (Å²) in [7, 11) is 1.57. The van der Waals surface area contributed by atoms with Crippen LogP contribution in [0.3, 0.4) is 0 Å². The number of hydrogen-bond donors (Lipinski definition) is 1. The molecule has 0 radical (unpaired) electrons. The number of rotatable bonds is 5. The molecule has 1 aliphatic rings. The van der Waals surface area contributed by atoms with E-state index in [0.717, 1.165) is 25.1 Å². The number of amides is 1. The molecule has 9 nitrogen and oxygen atoms in total. The number of nitrogens with zero attached hydrogens (tertiary/aromatic N) is 6. The number of methoxy groups -OCH3 is 1. The normalized spacial score (nSPS) is 15.5. The quantitative estimate of drug-likeness (QED) is 0.386. The minimum atomic E-state index is -0.369. The number of halogens is 1. The number of ether oxygens (including phenoxy) is 1. The molecule has 4 aromatic rings. The number of anilines is 2. The van der Waals surface area contributed by atoms with E-state index in [4.69, 9.17) is 21.3 Å². The smallest absolute Gasteiger partial charge is 0.259 e. The van der Waals surface area contributed by atoms with E-state index < -0.39 is 0 Å². The topological polar surface area (TPSA) is 117 Å². The fraction of sp³-hybridized carbons (Fsp3) is 0.280. The summed E-state index contributed by atoms with van der Waals surface area (Å²) in [6.07, 6.45) is 5.04. The fourth-order valence-electron chi connectivity index (χ4n) is 4.23. The second-order valence-electron chi connectivity index (χ2n) is 8.46. The van der Waals surface area contributed by atoms with Gasteiger partial charge in [-0.2, -0.15) is 10.2 Å². The number of thiazole rings is 1. The van der Waals surface area contributed by atoms with Crippen LogP contribution < -0.4 is 15.0 Å². The van der Waals surface area contributed by atoms with Gasteiger partial charge in [0.25, 0.3) is 5.91 Å². The van der Waals surface area contributed by atoms with E-state index in [2.05, 4.69) is 31.2 Å². The van der Waals surface area contributed by atoms with Crippen LogP contribution in [0.5, 0.6) is 5.75 Å². The number of aryl methyl sites for hydroxylation is 1. The van der Waals surface area contributed by atoms with Crippen LogP contribution in [0.4, 0.5) is 10.9 Å². The van der Waals surface area contributed by atoms with Crippen LogP contribution in [0.1, 0.15) is 28.9 Å². The lowest BCUT2D eigenvalue weighted by Gasteiger charge is -2.30. The Morgan fingerprint density at radius 1 is 1.25 bits per heavy atom. The molecule has 36 heavy (non-hydrogen) atoms. The molecule has 1 fully saturated rings. The van der Waals surface area contributed by atoms with Gasteiger partial charge in [-0.1, -0.05) is 22.9 Å². The van der Waals surface area contributed by atoms with Crippen molar-refractivity contribution in [1.82, 2.24) is 19.9 Å². The molecule has 182 valence electrons. The van der Waals surface area contributed by atoms with E-state index >= 15 is 0 Å². The highest BCUT2D eigenvalue weighted by Gasteiger charge is 2.22. The van der Waals surface area contributed by atoms with E-state index in [0.29, 0.717) is 55.4 Å². The highest BCUT2D eigenvalue weighted by Crippen LogP contribution is 2.35. The molecule has 1 atom stereocenters. The van der Waals surface area contributed by atoms with Gasteiger partial charge in [0.2, 0.25) is 0 Å². The zero-order valence-corrected chi connectivity index (χ0v) is 21.2. The first-order valence-electron chi connectivity index (χ1n) is 11.3. The third-order valence-corrected chi connectivity index (χ3v) is 7.08. The van der Waals surface area contributed by atoms with Gasteiger partial charge in [0.15, 0.2) is 15.6 Å². The van der Waals surface area contributed by atoms with Gasteiger partial charge in [0.05, 0.1) is 30.9 Å². The van der Waals surface area contributed by atoms with Gasteiger partial charge in [0, 0.05) is 41.1 Å². The Balaban J connectivity index is 1.43. The number of piperidine rings is 1. The predicted molar refractivity (Wildman–Crippen MR) is 140 cm³/mol. The van der Waals surface area contributed by atoms with Crippen molar-refractivity contribution in [3.05, 3.63) is 52.9 Å². The van der Waals surface area contributed by atoms with Crippen molar-refractivity contribution in [2.24, 2.45) is 5.92 Å². The minimum Gasteiger partial charge on any atom is -0.496 e. The van der Waals surface area contributed by atoms with E-state index in [1.165, 1.54) is 17.5 Å². The Morgan fingerprint density at radius 3 is 2.92 bits per heavy atom. The Morgan fingerprint density at radius 2 is 2.11 bits per heavy atom. The highest BCUT2D eigenvalue weighted by molar-refractivity contribution is 7.21. The third-order valence-electron chi connectivity index (χ3n) is 6.00. The summed E-state index contributed by atoms with van der Waals surface area (Å²) in [5, 5.41) is 13.1. The van der Waals surface area contributed by atoms with Crippen molar-refractivity contribution in [2.75, 3.05) is 30.4 Å². The van der Waals surface area contributed by atoms with E-state index in [1.54, 1.807) is 31.5 Å². The van der Waals surface area contributed by atoms with Crippen molar-refractivity contribution in [3.63, 3.8) is 0 Å². The number of aromatic nitrogens is 4. The number of carbonyl (C=O) groups excluding carboxylic acids is 1. The van der Waals surface area contributed by atoms with Crippen LogP contribution in [0.25, 0.3) is 21.6 Å². The molecular formula is C25H22ClN7O2S. The molecule has 0 saturated carbocycles. The Kier molecular flexibility index (Phi) is 6.67. The van der Waals surface area contributed by atoms with Crippen LogP contribution in [0.2, 0.25) is 5.02 Å². The zero-order valence-electron chi connectivity index (χ0n) is 19.7. The molecule has 1 aliphatic heterocycles. The van der Waals surface area contributed by atoms with Crippen LogP contribution in [0, 0.1) is 24.2 Å². The molecule has 4 heterocycles. The maximum atomic E-state index is 13.3. The number of nitriles is 1. The van der Waals surface area contributed by atoms with Crippen molar-refractivity contribution >= 4 is 50.3 Å². The zero-order chi connectivity index (χ0) is 25.2. The summed E-state index contributed by atoms with van der Waals surface area (Å²) < 4.78 is 5.50. The molecule has 1 amide bonds. The molecule has 5 rings (SSSR count). The van der Waals surface area contributed by atoms with Crippen molar-refractivity contribution < 1.29 is 9.53 Å². The SMILES string of the molecule is COc1ccc(Cl)cc1-c1cc(C)ncc1C(=O)Nc1nc2ncc(N3CCCC(C#N)C3)nc2s1. The number of hydrogen-bond acceptors (Lipinski definition) is 9. The van der Waals surface area contributed by atoms with E-state index in [1.807, 2.05) is 13.0 Å².